The number of nitrogens with zero attached hydrogens (tertiary/aromatic N) is 1. The molecule has 0 bridgehead atoms. The standard InChI is InChI=1S/C27H27F3N2O5S/c1-2-38(35,36)24-13-5-18(6-14-24)25(17-33)31-26(34)19-3-9-21(10-4-19)32-15-23(16-32)37-22-11-7-20(8-12-22)27(28,29)30/h3-14,23,25,33H,2,15-17H2,1H3,(H,31,34)/t25-/m0/s1. The number of anilines is 1. The maximum absolute atomic E-state index is 12.7. The molecule has 1 aliphatic rings. The van der Waals surface area contributed by atoms with Crippen LogP contribution in [-0.4, -0.2) is 51.0 Å². The molecular formula is C27H27F3N2O5S. The summed E-state index contributed by atoms with van der Waals surface area (Å²) in [5.41, 5.74) is 1.10. The van der Waals surface area contributed by atoms with E-state index in [1.807, 2.05) is 4.90 Å². The third kappa shape index (κ3) is 6.28. The van der Waals surface area contributed by atoms with Gasteiger partial charge in [0, 0.05) is 11.3 Å². The molecule has 1 fully saturated rings. The van der Waals surface area contributed by atoms with Crippen molar-refractivity contribution in [2.45, 2.75) is 30.1 Å². The van der Waals surface area contributed by atoms with E-state index in [-0.39, 0.29) is 23.4 Å². The van der Waals surface area contributed by atoms with Gasteiger partial charge in [-0.3, -0.25) is 4.79 Å². The molecule has 202 valence electrons. The van der Waals surface area contributed by atoms with E-state index in [2.05, 4.69) is 5.32 Å². The topological polar surface area (TPSA) is 95.9 Å². The lowest BCUT2D eigenvalue weighted by Crippen LogP contribution is -2.54. The molecule has 0 aliphatic carbocycles. The monoisotopic (exact) mass is 548 g/mol. The second kappa shape index (κ2) is 11.0. The number of alkyl halides is 3. The van der Waals surface area contributed by atoms with E-state index in [1.165, 1.54) is 24.3 Å². The van der Waals surface area contributed by atoms with Crippen LogP contribution in [0.4, 0.5) is 18.9 Å². The number of aliphatic hydroxyl groups is 1. The van der Waals surface area contributed by atoms with Crippen molar-refractivity contribution in [3.63, 3.8) is 0 Å². The van der Waals surface area contributed by atoms with Crippen molar-refractivity contribution in [3.8, 4) is 5.75 Å². The third-order valence-corrected chi connectivity index (χ3v) is 8.09. The maximum atomic E-state index is 12.7. The van der Waals surface area contributed by atoms with Gasteiger partial charge in [0.25, 0.3) is 5.91 Å². The van der Waals surface area contributed by atoms with Crippen molar-refractivity contribution in [2.24, 2.45) is 0 Å². The summed E-state index contributed by atoms with van der Waals surface area (Å²) in [5.74, 6) is -0.0463. The number of sulfone groups is 1. The molecule has 3 aromatic rings. The Morgan fingerprint density at radius 2 is 1.63 bits per heavy atom. The van der Waals surface area contributed by atoms with Gasteiger partial charge in [0.1, 0.15) is 11.9 Å². The number of nitrogens with one attached hydrogen (secondary N) is 1. The van der Waals surface area contributed by atoms with E-state index < -0.39 is 33.5 Å². The molecule has 3 aromatic carbocycles. The summed E-state index contributed by atoms with van der Waals surface area (Å²) in [7, 11) is -3.35. The predicted molar refractivity (Wildman–Crippen MR) is 136 cm³/mol. The lowest BCUT2D eigenvalue weighted by Gasteiger charge is -2.40. The Labute approximate surface area is 218 Å². The van der Waals surface area contributed by atoms with Gasteiger partial charge in [-0.2, -0.15) is 13.2 Å². The summed E-state index contributed by atoms with van der Waals surface area (Å²) in [4.78, 5) is 14.9. The number of hydrogen-bond acceptors (Lipinski definition) is 6. The summed E-state index contributed by atoms with van der Waals surface area (Å²) in [6, 6.07) is 16.8. The largest absolute Gasteiger partial charge is 0.487 e. The van der Waals surface area contributed by atoms with E-state index in [0.717, 1.165) is 17.8 Å². The van der Waals surface area contributed by atoms with Crippen molar-refractivity contribution < 1.29 is 36.2 Å². The minimum absolute atomic E-state index is 0.0211. The van der Waals surface area contributed by atoms with Gasteiger partial charge >= 0.3 is 6.18 Å². The van der Waals surface area contributed by atoms with Crippen LogP contribution in [0.15, 0.2) is 77.7 Å². The van der Waals surface area contributed by atoms with E-state index in [4.69, 9.17) is 4.74 Å². The van der Waals surface area contributed by atoms with Gasteiger partial charge in [0.05, 0.1) is 42.0 Å². The summed E-state index contributed by atoms with van der Waals surface area (Å²) in [5, 5.41) is 12.5. The number of aliphatic hydroxyl groups excluding tert-OH is 1. The van der Waals surface area contributed by atoms with E-state index in [1.54, 1.807) is 43.3 Å². The molecule has 1 atom stereocenters. The zero-order valence-corrected chi connectivity index (χ0v) is 21.3. The Balaban J connectivity index is 1.30. The fourth-order valence-corrected chi connectivity index (χ4v) is 4.90. The average molecular weight is 549 g/mol. The van der Waals surface area contributed by atoms with Crippen LogP contribution >= 0.6 is 0 Å². The van der Waals surface area contributed by atoms with E-state index in [0.29, 0.717) is 30.0 Å². The zero-order chi connectivity index (χ0) is 27.5. The van der Waals surface area contributed by atoms with Crippen LogP contribution in [0.5, 0.6) is 5.75 Å². The predicted octanol–water partition coefficient (Wildman–Crippen LogP) is 4.23. The van der Waals surface area contributed by atoms with Gasteiger partial charge in [0.2, 0.25) is 0 Å². The number of hydrogen-bond donors (Lipinski definition) is 2. The summed E-state index contributed by atoms with van der Waals surface area (Å²) in [6.07, 6.45) is -4.56. The molecule has 0 saturated carbocycles. The summed E-state index contributed by atoms with van der Waals surface area (Å²) in [6.45, 7) is 2.28. The fraction of sp³-hybridized carbons (Fsp3) is 0.296. The Morgan fingerprint density at radius 3 is 2.16 bits per heavy atom. The quantitative estimate of drug-likeness (QED) is 0.416. The first-order chi connectivity index (χ1) is 18.0. The maximum Gasteiger partial charge on any atom is 0.416 e. The first-order valence-electron chi connectivity index (χ1n) is 11.9. The van der Waals surface area contributed by atoms with Crippen molar-refractivity contribution in [3.05, 3.63) is 89.5 Å². The number of benzene rings is 3. The molecule has 0 unspecified atom stereocenters. The average Bonchev–Trinajstić information content (AvgIpc) is 2.89. The molecule has 0 spiro atoms. The van der Waals surface area contributed by atoms with Crippen molar-refractivity contribution in [1.29, 1.82) is 0 Å². The van der Waals surface area contributed by atoms with Crippen molar-refractivity contribution in [1.82, 2.24) is 5.32 Å². The number of amides is 1. The molecule has 1 aliphatic heterocycles. The molecule has 2 N–H and O–H groups in total. The first-order valence-corrected chi connectivity index (χ1v) is 13.6. The number of carbonyl (C=O) groups is 1. The van der Waals surface area contributed by atoms with Crippen LogP contribution in [-0.2, 0) is 16.0 Å². The molecule has 0 aromatic heterocycles. The van der Waals surface area contributed by atoms with E-state index >= 15 is 0 Å². The highest BCUT2D eigenvalue weighted by Gasteiger charge is 2.31. The Morgan fingerprint density at radius 1 is 1.03 bits per heavy atom. The number of halogens is 3. The van der Waals surface area contributed by atoms with Crippen LogP contribution in [0.2, 0.25) is 0 Å². The Kier molecular flexibility index (Phi) is 7.98. The second-order valence-electron chi connectivity index (χ2n) is 8.89. The van der Waals surface area contributed by atoms with Crippen LogP contribution < -0.4 is 15.0 Å². The minimum atomic E-state index is -4.39. The van der Waals surface area contributed by atoms with Gasteiger partial charge in [0.15, 0.2) is 9.84 Å². The third-order valence-electron chi connectivity index (χ3n) is 6.34. The van der Waals surface area contributed by atoms with Crippen molar-refractivity contribution >= 4 is 21.4 Å². The van der Waals surface area contributed by atoms with Crippen molar-refractivity contribution in [2.75, 3.05) is 30.3 Å². The lowest BCUT2D eigenvalue weighted by atomic mass is 10.1. The van der Waals surface area contributed by atoms with Crippen LogP contribution in [0.3, 0.4) is 0 Å². The molecular weight excluding hydrogens is 521 g/mol. The van der Waals surface area contributed by atoms with Crippen LogP contribution in [0, 0.1) is 0 Å². The molecule has 1 heterocycles. The van der Waals surface area contributed by atoms with E-state index in [9.17, 15) is 31.5 Å². The smallest absolute Gasteiger partial charge is 0.416 e. The van der Waals surface area contributed by atoms with Crippen LogP contribution in [0.1, 0.15) is 34.5 Å². The molecule has 1 saturated heterocycles. The summed E-state index contributed by atoms with van der Waals surface area (Å²) < 4.78 is 67.8. The minimum Gasteiger partial charge on any atom is -0.487 e. The zero-order valence-electron chi connectivity index (χ0n) is 20.5. The second-order valence-corrected chi connectivity index (χ2v) is 11.2. The lowest BCUT2D eigenvalue weighted by molar-refractivity contribution is -0.137. The number of rotatable bonds is 9. The molecule has 1 amide bonds. The Hall–Kier alpha value is -3.57. The SMILES string of the molecule is CCS(=O)(=O)c1ccc([C@H](CO)NC(=O)c2ccc(N3CC(Oc4ccc(C(F)(F)F)cc4)C3)cc2)cc1. The van der Waals surface area contributed by atoms with Gasteiger partial charge in [-0.15, -0.1) is 0 Å². The molecule has 4 rings (SSSR count). The molecule has 7 nitrogen and oxygen atoms in total. The molecule has 38 heavy (non-hydrogen) atoms. The highest BCUT2D eigenvalue weighted by Crippen LogP contribution is 2.31. The summed E-state index contributed by atoms with van der Waals surface area (Å²) >= 11 is 0. The normalized spacial score (nSPS) is 15.0. The van der Waals surface area contributed by atoms with Gasteiger partial charge in [-0.05, 0) is 66.2 Å². The number of ether oxygens (including phenoxy) is 1. The first kappa shape index (κ1) is 27.5. The highest BCUT2D eigenvalue weighted by atomic mass is 32.2. The van der Waals surface area contributed by atoms with Gasteiger partial charge in [-0.25, -0.2) is 8.42 Å². The molecule has 11 heteroatoms. The highest BCUT2D eigenvalue weighted by molar-refractivity contribution is 7.91. The Bertz CT molecular complexity index is 1350. The van der Waals surface area contributed by atoms with Gasteiger partial charge in [-0.1, -0.05) is 19.1 Å². The van der Waals surface area contributed by atoms with Gasteiger partial charge < -0.3 is 20.1 Å². The van der Waals surface area contributed by atoms with Crippen LogP contribution in [0.25, 0.3) is 0 Å². The molecule has 0 radical (unpaired) electrons. The number of carbonyl (C=O) groups excluding carboxylic acids is 1. The fourth-order valence-electron chi connectivity index (χ4n) is 4.01.